The van der Waals surface area contributed by atoms with Gasteiger partial charge < -0.3 is 5.32 Å². The Morgan fingerprint density at radius 1 is 1.19 bits per heavy atom. The second-order valence-corrected chi connectivity index (χ2v) is 8.09. The molecule has 0 saturated carbocycles. The number of hydrogen-bond acceptors (Lipinski definition) is 5. The Kier molecular flexibility index (Phi) is 5.44. The number of anilines is 1. The topological polar surface area (TPSA) is 83.6 Å². The smallest absolute Gasteiger partial charge is 0.326 e. The van der Waals surface area contributed by atoms with Gasteiger partial charge in [0.25, 0.3) is 0 Å². The highest BCUT2D eigenvalue weighted by atomic mass is 32.1. The number of carbonyl (C=O) groups excluding carboxylic acids is 1. The molecular formula is C22H16F3N5OS. The van der Waals surface area contributed by atoms with Gasteiger partial charge in [-0.3, -0.25) is 14.5 Å². The van der Waals surface area contributed by atoms with Crippen molar-refractivity contribution in [2.24, 2.45) is 0 Å². The highest BCUT2D eigenvalue weighted by molar-refractivity contribution is 7.19. The molecule has 0 aliphatic heterocycles. The van der Waals surface area contributed by atoms with Crippen molar-refractivity contribution in [2.75, 3.05) is 5.32 Å². The second-order valence-electron chi connectivity index (χ2n) is 7.01. The number of thiophene rings is 1. The number of aryl methyl sites for hydroxylation is 1. The molecule has 0 spiro atoms. The molecule has 0 atom stereocenters. The van der Waals surface area contributed by atoms with Gasteiger partial charge in [-0.15, -0.1) is 11.3 Å². The molecule has 0 aliphatic carbocycles. The SMILES string of the molecule is CCn1cc(-c2cc(NC(C)=O)ccc2-c2cncc3sc(C#N)cc23)c(C(F)(F)F)n1. The largest absolute Gasteiger partial charge is 0.435 e. The van der Waals surface area contributed by atoms with Crippen LogP contribution in [0.25, 0.3) is 32.3 Å². The lowest BCUT2D eigenvalue weighted by Gasteiger charge is -2.14. The molecule has 1 amide bonds. The van der Waals surface area contributed by atoms with Crippen molar-refractivity contribution >= 4 is 33.0 Å². The number of pyridine rings is 1. The summed E-state index contributed by atoms with van der Waals surface area (Å²) in [4.78, 5) is 16.3. The Hall–Kier alpha value is -3.71. The maximum atomic E-state index is 13.8. The lowest BCUT2D eigenvalue weighted by atomic mass is 9.93. The van der Waals surface area contributed by atoms with E-state index in [0.29, 0.717) is 27.1 Å². The van der Waals surface area contributed by atoms with Crippen LogP contribution in [0, 0.1) is 11.3 Å². The molecule has 162 valence electrons. The third-order valence-corrected chi connectivity index (χ3v) is 5.81. The number of fused-ring (bicyclic) bond motifs is 1. The first kappa shape index (κ1) is 21.5. The minimum absolute atomic E-state index is 0.103. The molecule has 32 heavy (non-hydrogen) atoms. The van der Waals surface area contributed by atoms with Crippen molar-refractivity contribution in [3.05, 3.63) is 53.4 Å². The Morgan fingerprint density at radius 3 is 2.62 bits per heavy atom. The zero-order valence-corrected chi connectivity index (χ0v) is 17.8. The van der Waals surface area contributed by atoms with Crippen LogP contribution in [-0.2, 0) is 17.5 Å². The fourth-order valence-electron chi connectivity index (χ4n) is 3.50. The number of nitrogens with one attached hydrogen (secondary N) is 1. The fourth-order valence-corrected chi connectivity index (χ4v) is 4.35. The van der Waals surface area contributed by atoms with E-state index in [9.17, 15) is 23.2 Å². The first-order valence-electron chi connectivity index (χ1n) is 9.56. The maximum Gasteiger partial charge on any atom is 0.435 e. The van der Waals surface area contributed by atoms with E-state index in [4.69, 9.17) is 0 Å². The van der Waals surface area contributed by atoms with Gasteiger partial charge in [-0.1, -0.05) is 6.07 Å². The van der Waals surface area contributed by atoms with E-state index >= 15 is 0 Å². The van der Waals surface area contributed by atoms with E-state index in [2.05, 4.69) is 21.5 Å². The van der Waals surface area contributed by atoms with Gasteiger partial charge in [0, 0.05) is 54.3 Å². The summed E-state index contributed by atoms with van der Waals surface area (Å²) in [6.07, 6.45) is -0.144. The predicted octanol–water partition coefficient (Wildman–Crippen LogP) is 5.70. The van der Waals surface area contributed by atoms with Crippen LogP contribution in [0.3, 0.4) is 0 Å². The molecule has 3 aromatic heterocycles. The van der Waals surface area contributed by atoms with Crippen LogP contribution in [0.15, 0.2) is 42.9 Å². The zero-order valence-electron chi connectivity index (χ0n) is 17.0. The Labute approximate surface area is 184 Å². The van der Waals surface area contributed by atoms with Gasteiger partial charge in [0.2, 0.25) is 5.91 Å². The lowest BCUT2D eigenvalue weighted by molar-refractivity contribution is -0.141. The van der Waals surface area contributed by atoms with E-state index in [0.717, 1.165) is 4.70 Å². The molecule has 0 fully saturated rings. The van der Waals surface area contributed by atoms with Crippen LogP contribution in [0.2, 0.25) is 0 Å². The van der Waals surface area contributed by atoms with Gasteiger partial charge in [0.1, 0.15) is 10.9 Å². The predicted molar refractivity (Wildman–Crippen MR) is 116 cm³/mol. The van der Waals surface area contributed by atoms with Gasteiger partial charge in [-0.2, -0.15) is 23.5 Å². The van der Waals surface area contributed by atoms with E-state index in [1.54, 1.807) is 37.5 Å². The number of benzene rings is 1. The van der Waals surface area contributed by atoms with Crippen molar-refractivity contribution in [1.82, 2.24) is 14.8 Å². The lowest BCUT2D eigenvalue weighted by Crippen LogP contribution is -2.09. The summed E-state index contributed by atoms with van der Waals surface area (Å²) in [5.74, 6) is -0.343. The second kappa shape index (κ2) is 8.09. The van der Waals surface area contributed by atoms with Crippen LogP contribution >= 0.6 is 11.3 Å². The van der Waals surface area contributed by atoms with Crippen molar-refractivity contribution in [3.8, 4) is 28.3 Å². The third-order valence-electron chi connectivity index (χ3n) is 4.83. The summed E-state index contributed by atoms with van der Waals surface area (Å²) < 4.78 is 43.5. The molecular weight excluding hydrogens is 439 g/mol. The molecule has 6 nitrogen and oxygen atoms in total. The number of hydrogen-bond donors (Lipinski definition) is 1. The number of nitriles is 1. The first-order valence-corrected chi connectivity index (χ1v) is 10.4. The number of alkyl halides is 3. The molecule has 4 aromatic rings. The molecule has 1 aromatic carbocycles. The monoisotopic (exact) mass is 455 g/mol. The number of rotatable bonds is 4. The van der Waals surface area contributed by atoms with Gasteiger partial charge >= 0.3 is 6.18 Å². The van der Waals surface area contributed by atoms with E-state index < -0.39 is 11.9 Å². The molecule has 4 rings (SSSR count). The van der Waals surface area contributed by atoms with Crippen molar-refractivity contribution in [1.29, 1.82) is 5.26 Å². The Bertz CT molecular complexity index is 1380. The van der Waals surface area contributed by atoms with Gasteiger partial charge in [0.05, 0.1) is 4.70 Å². The van der Waals surface area contributed by atoms with E-state index in [1.807, 2.05) is 0 Å². The van der Waals surface area contributed by atoms with Crippen LogP contribution in [0.1, 0.15) is 24.4 Å². The highest BCUT2D eigenvalue weighted by Crippen LogP contribution is 2.43. The Morgan fingerprint density at radius 2 is 1.97 bits per heavy atom. The molecule has 10 heteroatoms. The molecule has 0 radical (unpaired) electrons. The average molecular weight is 455 g/mol. The minimum Gasteiger partial charge on any atom is -0.326 e. The van der Waals surface area contributed by atoms with E-state index in [1.165, 1.54) is 35.2 Å². The number of aromatic nitrogens is 3. The van der Waals surface area contributed by atoms with Crippen molar-refractivity contribution < 1.29 is 18.0 Å². The van der Waals surface area contributed by atoms with Crippen molar-refractivity contribution in [3.63, 3.8) is 0 Å². The van der Waals surface area contributed by atoms with E-state index in [-0.39, 0.29) is 23.6 Å². The number of nitrogens with zero attached hydrogens (tertiary/aromatic N) is 4. The van der Waals surface area contributed by atoms with Crippen LogP contribution in [-0.4, -0.2) is 20.7 Å². The standard InChI is InChI=1S/C22H16F3N5OS/c1-3-30-11-19(21(29-30)22(23,24)25)16-6-13(28-12(2)31)4-5-15(16)18-9-27-10-20-17(18)7-14(8-26)32-20/h4-7,9-11H,3H2,1-2H3,(H,28,31). The highest BCUT2D eigenvalue weighted by Gasteiger charge is 2.38. The summed E-state index contributed by atoms with van der Waals surface area (Å²) in [6.45, 7) is 3.28. The molecule has 3 heterocycles. The summed E-state index contributed by atoms with van der Waals surface area (Å²) in [7, 11) is 0. The van der Waals surface area contributed by atoms with Crippen LogP contribution in [0.4, 0.5) is 18.9 Å². The van der Waals surface area contributed by atoms with Crippen LogP contribution < -0.4 is 5.32 Å². The molecule has 0 saturated heterocycles. The van der Waals surface area contributed by atoms with Gasteiger partial charge in [-0.25, -0.2) is 0 Å². The quantitative estimate of drug-likeness (QED) is 0.428. The number of halogens is 3. The molecule has 1 N–H and O–H groups in total. The molecule has 0 unspecified atom stereocenters. The molecule has 0 aliphatic rings. The first-order chi connectivity index (χ1) is 15.2. The maximum absolute atomic E-state index is 13.8. The van der Waals surface area contributed by atoms with Gasteiger partial charge in [-0.05, 0) is 36.2 Å². The average Bonchev–Trinajstić information content (AvgIpc) is 3.37. The third kappa shape index (κ3) is 3.94. The summed E-state index contributed by atoms with van der Waals surface area (Å²) in [5, 5.41) is 16.3. The summed E-state index contributed by atoms with van der Waals surface area (Å²) >= 11 is 1.26. The fraction of sp³-hybridized carbons (Fsp3) is 0.182. The summed E-state index contributed by atoms with van der Waals surface area (Å²) in [6, 6.07) is 8.55. The molecule has 0 bridgehead atoms. The summed E-state index contributed by atoms with van der Waals surface area (Å²) in [5.41, 5.74) is 0.569. The normalized spacial score (nSPS) is 11.5. The zero-order chi connectivity index (χ0) is 23.0. The Balaban J connectivity index is 2.03. The van der Waals surface area contributed by atoms with Crippen molar-refractivity contribution in [2.45, 2.75) is 26.6 Å². The number of amides is 1. The van der Waals surface area contributed by atoms with Gasteiger partial charge in [0.15, 0.2) is 5.69 Å². The minimum atomic E-state index is -4.67. The van der Waals surface area contributed by atoms with Crippen LogP contribution in [0.5, 0.6) is 0 Å². The number of carbonyl (C=O) groups is 1.